The summed E-state index contributed by atoms with van der Waals surface area (Å²) in [5, 5.41) is 9.93. The molecule has 2 aliphatic rings. The lowest BCUT2D eigenvalue weighted by Crippen LogP contribution is -2.40. The van der Waals surface area contributed by atoms with Crippen molar-refractivity contribution in [2.75, 3.05) is 32.8 Å². The van der Waals surface area contributed by atoms with Gasteiger partial charge in [0.05, 0.1) is 0 Å². The minimum Gasteiger partial charge on any atom is -0.444 e. The van der Waals surface area contributed by atoms with Crippen molar-refractivity contribution in [1.29, 1.82) is 0 Å². The van der Waals surface area contributed by atoms with Crippen molar-refractivity contribution < 1.29 is 14.6 Å². The number of likely N-dealkylation sites (tertiary alicyclic amines) is 2. The minimum atomic E-state index is -0.474. The number of carbonyl (C=O) groups excluding carboxylic acids is 1. The molecular formula is C20H30N2O3. The maximum absolute atomic E-state index is 12.4. The van der Waals surface area contributed by atoms with Crippen LogP contribution in [0.3, 0.4) is 0 Å². The molecule has 2 fully saturated rings. The Balaban J connectivity index is 1.65. The molecule has 0 radical (unpaired) electrons. The van der Waals surface area contributed by atoms with E-state index < -0.39 is 5.60 Å². The Morgan fingerprint density at radius 1 is 1.28 bits per heavy atom. The van der Waals surface area contributed by atoms with Crippen molar-refractivity contribution in [3.63, 3.8) is 0 Å². The maximum Gasteiger partial charge on any atom is 0.410 e. The second-order valence-corrected chi connectivity index (χ2v) is 8.55. The smallest absolute Gasteiger partial charge is 0.410 e. The number of ether oxygens (including phenoxy) is 1. The van der Waals surface area contributed by atoms with Crippen LogP contribution in [0.25, 0.3) is 0 Å². The first kappa shape index (κ1) is 18.2. The van der Waals surface area contributed by atoms with Gasteiger partial charge in [-0.3, -0.25) is 4.90 Å². The number of hydrogen-bond acceptors (Lipinski definition) is 4. The zero-order valence-electron chi connectivity index (χ0n) is 15.6. The van der Waals surface area contributed by atoms with Crippen LogP contribution in [0, 0.1) is 11.3 Å². The Labute approximate surface area is 150 Å². The summed E-state index contributed by atoms with van der Waals surface area (Å²) in [6.45, 7) is 9.95. The molecule has 3 rings (SSSR count). The number of aliphatic hydroxyl groups excluding tert-OH is 1. The molecular weight excluding hydrogens is 316 g/mol. The number of aliphatic hydroxyl groups is 1. The zero-order valence-corrected chi connectivity index (χ0v) is 15.6. The summed E-state index contributed by atoms with van der Waals surface area (Å²) >= 11 is 0. The Morgan fingerprint density at radius 2 is 2.00 bits per heavy atom. The number of carbonyl (C=O) groups is 1. The predicted molar refractivity (Wildman–Crippen MR) is 97.2 cm³/mol. The third-order valence-corrected chi connectivity index (χ3v) is 5.39. The highest BCUT2D eigenvalue weighted by Gasteiger charge is 2.51. The van der Waals surface area contributed by atoms with Crippen molar-refractivity contribution >= 4 is 6.09 Å². The average Bonchev–Trinajstić information content (AvgIpc) is 3.11. The van der Waals surface area contributed by atoms with E-state index >= 15 is 0 Å². The van der Waals surface area contributed by atoms with E-state index in [9.17, 15) is 9.90 Å². The molecule has 2 saturated heterocycles. The topological polar surface area (TPSA) is 53.0 Å². The van der Waals surface area contributed by atoms with Gasteiger partial charge >= 0.3 is 6.09 Å². The minimum absolute atomic E-state index is 0.0135. The number of rotatable bonds is 3. The van der Waals surface area contributed by atoms with Crippen LogP contribution in [0.4, 0.5) is 4.79 Å². The van der Waals surface area contributed by atoms with E-state index in [1.807, 2.05) is 31.7 Å². The molecule has 5 nitrogen and oxygen atoms in total. The monoisotopic (exact) mass is 346 g/mol. The van der Waals surface area contributed by atoms with Crippen molar-refractivity contribution in [3.8, 4) is 0 Å². The molecule has 2 heterocycles. The van der Waals surface area contributed by atoms with Crippen LogP contribution in [-0.2, 0) is 11.3 Å². The quantitative estimate of drug-likeness (QED) is 0.914. The molecule has 0 saturated carbocycles. The number of amides is 1. The first-order chi connectivity index (χ1) is 11.8. The van der Waals surface area contributed by atoms with Crippen LogP contribution < -0.4 is 0 Å². The van der Waals surface area contributed by atoms with Gasteiger partial charge in [-0.1, -0.05) is 30.3 Å². The fourth-order valence-electron chi connectivity index (χ4n) is 4.20. The van der Waals surface area contributed by atoms with Gasteiger partial charge in [-0.25, -0.2) is 4.79 Å². The summed E-state index contributed by atoms with van der Waals surface area (Å²) in [6, 6.07) is 10.4. The molecule has 0 unspecified atom stereocenters. The number of benzene rings is 1. The van der Waals surface area contributed by atoms with Gasteiger partial charge in [-0.15, -0.1) is 0 Å². The van der Waals surface area contributed by atoms with E-state index in [2.05, 4.69) is 29.2 Å². The van der Waals surface area contributed by atoms with E-state index in [4.69, 9.17) is 4.74 Å². The third-order valence-electron chi connectivity index (χ3n) is 5.39. The normalized spacial score (nSPS) is 27.2. The summed E-state index contributed by atoms with van der Waals surface area (Å²) in [4.78, 5) is 16.6. The molecule has 138 valence electrons. The summed E-state index contributed by atoms with van der Waals surface area (Å²) in [6.07, 6.45) is 0.700. The summed E-state index contributed by atoms with van der Waals surface area (Å²) in [5.74, 6) is 0.212. The van der Waals surface area contributed by atoms with Crippen LogP contribution in [0.5, 0.6) is 0 Å². The summed E-state index contributed by atoms with van der Waals surface area (Å²) < 4.78 is 5.53. The van der Waals surface area contributed by atoms with Crippen molar-refractivity contribution in [2.24, 2.45) is 11.3 Å². The van der Waals surface area contributed by atoms with Gasteiger partial charge in [0.15, 0.2) is 0 Å². The van der Waals surface area contributed by atoms with Crippen LogP contribution in [0.1, 0.15) is 32.8 Å². The molecule has 1 aromatic carbocycles. The van der Waals surface area contributed by atoms with E-state index in [0.29, 0.717) is 13.1 Å². The van der Waals surface area contributed by atoms with E-state index in [0.717, 1.165) is 26.1 Å². The van der Waals surface area contributed by atoms with Crippen molar-refractivity contribution in [2.45, 2.75) is 39.3 Å². The molecule has 1 spiro atoms. The van der Waals surface area contributed by atoms with Gasteiger partial charge in [0.2, 0.25) is 0 Å². The molecule has 1 amide bonds. The van der Waals surface area contributed by atoms with Gasteiger partial charge in [-0.2, -0.15) is 0 Å². The largest absolute Gasteiger partial charge is 0.444 e. The Hall–Kier alpha value is -1.59. The predicted octanol–water partition coefficient (Wildman–Crippen LogP) is 2.74. The molecule has 1 N–H and O–H groups in total. The molecule has 2 aliphatic heterocycles. The summed E-state index contributed by atoms with van der Waals surface area (Å²) in [7, 11) is 0. The lowest BCUT2D eigenvalue weighted by atomic mass is 9.78. The van der Waals surface area contributed by atoms with E-state index in [1.54, 1.807) is 0 Å². The highest BCUT2D eigenvalue weighted by atomic mass is 16.6. The second-order valence-electron chi connectivity index (χ2n) is 8.55. The van der Waals surface area contributed by atoms with E-state index in [1.165, 1.54) is 5.56 Å². The molecule has 0 aromatic heterocycles. The molecule has 25 heavy (non-hydrogen) atoms. The third kappa shape index (κ3) is 4.15. The fourth-order valence-corrected chi connectivity index (χ4v) is 4.20. The van der Waals surface area contributed by atoms with Crippen LogP contribution in [0.2, 0.25) is 0 Å². The second kappa shape index (κ2) is 6.96. The molecule has 2 atom stereocenters. The zero-order chi connectivity index (χ0) is 18.1. The Kier molecular flexibility index (Phi) is 5.07. The lowest BCUT2D eigenvalue weighted by Gasteiger charge is -2.30. The van der Waals surface area contributed by atoms with Crippen molar-refractivity contribution in [1.82, 2.24) is 9.80 Å². The first-order valence-electron chi connectivity index (χ1n) is 9.16. The van der Waals surface area contributed by atoms with E-state index in [-0.39, 0.29) is 24.0 Å². The van der Waals surface area contributed by atoms with Gasteiger partial charge in [0, 0.05) is 50.7 Å². The van der Waals surface area contributed by atoms with Gasteiger partial charge in [0.1, 0.15) is 5.60 Å². The van der Waals surface area contributed by atoms with Crippen LogP contribution in [0.15, 0.2) is 30.3 Å². The summed E-state index contributed by atoms with van der Waals surface area (Å²) in [5.41, 5.74) is 0.803. The average molecular weight is 346 g/mol. The Bertz CT molecular complexity index is 599. The van der Waals surface area contributed by atoms with Crippen molar-refractivity contribution in [3.05, 3.63) is 35.9 Å². The fraction of sp³-hybridized carbons (Fsp3) is 0.650. The van der Waals surface area contributed by atoms with Gasteiger partial charge in [0.25, 0.3) is 0 Å². The maximum atomic E-state index is 12.4. The first-order valence-corrected chi connectivity index (χ1v) is 9.16. The molecule has 0 bridgehead atoms. The number of nitrogens with zero attached hydrogens (tertiary/aromatic N) is 2. The molecule has 0 aliphatic carbocycles. The number of hydrogen-bond donors (Lipinski definition) is 1. The SMILES string of the molecule is CC(C)(C)OC(=O)N1CC[C@@]2(CN(Cc3ccccc3)C[C@@H]2CO)C1. The standard InChI is InChI=1S/C20H30N2O3/c1-19(2,3)25-18(24)22-10-9-20(15-22)14-21(12-17(20)13-23)11-16-7-5-4-6-8-16/h4-8,17,23H,9-15H2,1-3H3/t17-,20-/m1/s1. The Morgan fingerprint density at radius 3 is 2.64 bits per heavy atom. The van der Waals surface area contributed by atoms with Crippen LogP contribution >= 0.6 is 0 Å². The van der Waals surface area contributed by atoms with Gasteiger partial charge < -0.3 is 14.7 Å². The lowest BCUT2D eigenvalue weighted by molar-refractivity contribution is 0.0256. The van der Waals surface area contributed by atoms with Crippen LogP contribution in [-0.4, -0.2) is 59.4 Å². The molecule has 5 heteroatoms. The highest BCUT2D eigenvalue weighted by Crippen LogP contribution is 2.44. The van der Waals surface area contributed by atoms with Gasteiger partial charge in [-0.05, 0) is 32.8 Å². The molecule has 1 aromatic rings. The highest BCUT2D eigenvalue weighted by molar-refractivity contribution is 5.68.